The van der Waals surface area contributed by atoms with E-state index >= 15 is 0 Å². The van der Waals surface area contributed by atoms with E-state index in [-0.39, 0.29) is 24.0 Å². The summed E-state index contributed by atoms with van der Waals surface area (Å²) in [6.45, 7) is 7.36. The Hall–Kier alpha value is -0.340. The Balaban J connectivity index is 2.01. The van der Waals surface area contributed by atoms with Gasteiger partial charge in [-0.15, -0.1) is 0 Å². The molecule has 3 aliphatic rings. The molecule has 3 rings (SSSR count). The Labute approximate surface area is 104 Å². The smallest absolute Gasteiger partial charge is 0.0648 e. The van der Waals surface area contributed by atoms with E-state index in [2.05, 4.69) is 26.8 Å². The Kier molecular flexibility index (Phi) is 2.18. The maximum absolute atomic E-state index is 9.76. The van der Waals surface area contributed by atoms with Gasteiger partial charge in [-0.25, -0.2) is 0 Å². The van der Waals surface area contributed by atoms with E-state index < -0.39 is 0 Å². The van der Waals surface area contributed by atoms with Crippen LogP contribution in [-0.2, 0) is 0 Å². The first-order chi connectivity index (χ1) is 7.88. The van der Waals surface area contributed by atoms with Crippen molar-refractivity contribution in [1.82, 2.24) is 0 Å². The van der Waals surface area contributed by atoms with Gasteiger partial charge in [0.15, 0.2) is 0 Å². The van der Waals surface area contributed by atoms with Gasteiger partial charge in [0.05, 0.1) is 13.2 Å². The second-order valence-corrected chi connectivity index (χ2v) is 7.53. The van der Waals surface area contributed by atoms with Gasteiger partial charge in [-0.3, -0.25) is 0 Å². The van der Waals surface area contributed by atoms with Gasteiger partial charge >= 0.3 is 0 Å². The third-order valence-corrected chi connectivity index (χ3v) is 6.00. The van der Waals surface area contributed by atoms with Crippen LogP contribution in [0.25, 0.3) is 0 Å². The first kappa shape index (κ1) is 11.7. The molecule has 3 aliphatic carbocycles. The van der Waals surface area contributed by atoms with Gasteiger partial charge in [0, 0.05) is 5.41 Å². The maximum atomic E-state index is 9.76. The van der Waals surface area contributed by atoms with Gasteiger partial charge in [0.1, 0.15) is 0 Å². The fourth-order valence-electron chi connectivity index (χ4n) is 4.99. The number of aliphatic hydroxyl groups excluding tert-OH is 2. The van der Waals surface area contributed by atoms with Crippen LogP contribution in [0.4, 0.5) is 0 Å². The number of hydrogen-bond acceptors (Lipinski definition) is 2. The molecule has 0 aromatic carbocycles. The highest BCUT2D eigenvalue weighted by molar-refractivity contribution is 5.38. The quantitative estimate of drug-likeness (QED) is 0.723. The predicted molar refractivity (Wildman–Crippen MR) is 67.4 cm³/mol. The van der Waals surface area contributed by atoms with Gasteiger partial charge in [-0.05, 0) is 47.5 Å². The summed E-state index contributed by atoms with van der Waals surface area (Å²) in [5, 5.41) is 19.3. The molecule has 0 radical (unpaired) electrons. The molecule has 4 atom stereocenters. The Morgan fingerprint density at radius 1 is 1.24 bits per heavy atom. The van der Waals surface area contributed by atoms with E-state index in [1.807, 2.05) is 0 Å². The lowest BCUT2D eigenvalue weighted by Crippen LogP contribution is -2.32. The van der Waals surface area contributed by atoms with Crippen LogP contribution < -0.4 is 0 Å². The summed E-state index contributed by atoms with van der Waals surface area (Å²) in [5.74, 6) is 1.33. The summed E-state index contributed by atoms with van der Waals surface area (Å²) in [4.78, 5) is 0. The molecule has 17 heavy (non-hydrogen) atoms. The molecular formula is C15H24O2. The van der Waals surface area contributed by atoms with Crippen molar-refractivity contribution < 1.29 is 10.2 Å². The molecule has 2 saturated carbocycles. The van der Waals surface area contributed by atoms with Crippen molar-refractivity contribution in [3.8, 4) is 0 Å². The van der Waals surface area contributed by atoms with E-state index in [1.165, 1.54) is 12.8 Å². The standard InChI is InChI=1S/C15H24O2/c1-13(2)5-10-4-11(7-16)15(9-17)8-14(15,3)12(10)6-13/h4,10,12,16-17H,5-9H2,1-3H3/t10-,12+,14-,15-/m1/s1. The molecule has 96 valence electrons. The Bertz CT molecular complexity index is 384. The third kappa shape index (κ3) is 1.29. The molecule has 2 nitrogen and oxygen atoms in total. The van der Waals surface area contributed by atoms with Crippen molar-refractivity contribution in [2.75, 3.05) is 13.2 Å². The summed E-state index contributed by atoms with van der Waals surface area (Å²) in [5.41, 5.74) is 1.70. The molecule has 2 heteroatoms. The van der Waals surface area contributed by atoms with Gasteiger partial charge in [-0.1, -0.05) is 26.8 Å². The van der Waals surface area contributed by atoms with Crippen molar-refractivity contribution in [1.29, 1.82) is 0 Å². The molecule has 2 N–H and O–H groups in total. The summed E-state index contributed by atoms with van der Waals surface area (Å²) in [6.07, 6.45) is 5.87. The molecule has 0 aromatic heterocycles. The zero-order chi connectivity index (χ0) is 12.5. The van der Waals surface area contributed by atoms with Crippen LogP contribution in [0.2, 0.25) is 0 Å². The summed E-state index contributed by atoms with van der Waals surface area (Å²) in [6, 6.07) is 0. The minimum atomic E-state index is -0.0800. The van der Waals surface area contributed by atoms with Crippen LogP contribution >= 0.6 is 0 Å². The minimum absolute atomic E-state index is 0.0800. The number of fused-ring (bicyclic) bond motifs is 3. The van der Waals surface area contributed by atoms with E-state index in [0.717, 1.165) is 12.0 Å². The lowest BCUT2D eigenvalue weighted by Gasteiger charge is -2.36. The third-order valence-electron chi connectivity index (χ3n) is 6.00. The lowest BCUT2D eigenvalue weighted by molar-refractivity contribution is 0.130. The second kappa shape index (κ2) is 3.16. The predicted octanol–water partition coefficient (Wildman–Crippen LogP) is 2.36. The van der Waals surface area contributed by atoms with Crippen molar-refractivity contribution >= 4 is 0 Å². The molecule has 0 spiro atoms. The fourth-order valence-corrected chi connectivity index (χ4v) is 4.99. The first-order valence-electron chi connectivity index (χ1n) is 6.81. The van der Waals surface area contributed by atoms with Crippen LogP contribution in [0.5, 0.6) is 0 Å². The second-order valence-electron chi connectivity index (χ2n) is 7.53. The van der Waals surface area contributed by atoms with Crippen LogP contribution in [-0.4, -0.2) is 23.4 Å². The summed E-state index contributed by atoms with van der Waals surface area (Å²) < 4.78 is 0. The molecule has 0 bridgehead atoms. The minimum Gasteiger partial charge on any atom is -0.395 e. The Morgan fingerprint density at radius 3 is 2.53 bits per heavy atom. The average Bonchev–Trinajstić information content (AvgIpc) is 2.77. The van der Waals surface area contributed by atoms with Crippen LogP contribution in [0.3, 0.4) is 0 Å². The molecule has 0 heterocycles. The zero-order valence-electron chi connectivity index (χ0n) is 11.2. The van der Waals surface area contributed by atoms with Gasteiger partial charge in [0.25, 0.3) is 0 Å². The maximum Gasteiger partial charge on any atom is 0.0648 e. The summed E-state index contributed by atoms with van der Waals surface area (Å²) in [7, 11) is 0. The molecule has 0 unspecified atom stereocenters. The van der Waals surface area contributed by atoms with Crippen molar-refractivity contribution in [2.45, 2.75) is 40.0 Å². The van der Waals surface area contributed by atoms with E-state index in [1.54, 1.807) is 0 Å². The highest BCUT2D eigenvalue weighted by atomic mass is 16.3. The molecule has 2 fully saturated rings. The number of rotatable bonds is 2. The highest BCUT2D eigenvalue weighted by Crippen LogP contribution is 2.77. The number of aliphatic hydroxyl groups is 2. The van der Waals surface area contributed by atoms with E-state index in [4.69, 9.17) is 0 Å². The molecule has 0 saturated heterocycles. The largest absolute Gasteiger partial charge is 0.395 e. The molecule has 0 aliphatic heterocycles. The van der Waals surface area contributed by atoms with Crippen molar-refractivity contribution in [3.63, 3.8) is 0 Å². The first-order valence-corrected chi connectivity index (χ1v) is 6.81. The monoisotopic (exact) mass is 236 g/mol. The average molecular weight is 236 g/mol. The van der Waals surface area contributed by atoms with Gasteiger partial charge in [0.2, 0.25) is 0 Å². The van der Waals surface area contributed by atoms with Crippen LogP contribution in [0.1, 0.15) is 40.0 Å². The van der Waals surface area contributed by atoms with E-state index in [0.29, 0.717) is 17.3 Å². The topological polar surface area (TPSA) is 40.5 Å². The molecule has 0 aromatic rings. The summed E-state index contributed by atoms with van der Waals surface area (Å²) >= 11 is 0. The van der Waals surface area contributed by atoms with Gasteiger partial charge in [-0.2, -0.15) is 0 Å². The Morgan fingerprint density at radius 2 is 1.94 bits per heavy atom. The number of allylic oxidation sites excluding steroid dienone is 1. The van der Waals surface area contributed by atoms with Crippen molar-refractivity contribution in [3.05, 3.63) is 11.6 Å². The highest BCUT2D eigenvalue weighted by Gasteiger charge is 2.72. The van der Waals surface area contributed by atoms with Crippen LogP contribution in [0, 0.1) is 28.1 Å². The van der Waals surface area contributed by atoms with Crippen LogP contribution in [0.15, 0.2) is 11.6 Å². The fraction of sp³-hybridized carbons (Fsp3) is 0.867. The molecular weight excluding hydrogens is 212 g/mol. The zero-order valence-corrected chi connectivity index (χ0v) is 11.2. The lowest BCUT2D eigenvalue weighted by atomic mass is 9.69. The van der Waals surface area contributed by atoms with Crippen molar-refractivity contribution in [2.24, 2.45) is 28.1 Å². The van der Waals surface area contributed by atoms with E-state index in [9.17, 15) is 10.2 Å². The normalized spacial score (nSPS) is 50.5. The van der Waals surface area contributed by atoms with Gasteiger partial charge < -0.3 is 10.2 Å². The molecule has 0 amide bonds. The number of hydrogen-bond donors (Lipinski definition) is 2. The SMILES string of the molecule is CC1(C)C[C@H]2C=C(CO)[C@]3(CO)C[C@]3(C)[C@H]2C1.